The van der Waals surface area contributed by atoms with Gasteiger partial charge in [-0.3, -0.25) is 0 Å². The number of aryl methyl sites for hydroxylation is 1. The summed E-state index contributed by atoms with van der Waals surface area (Å²) in [4.78, 5) is 12.4. The summed E-state index contributed by atoms with van der Waals surface area (Å²) < 4.78 is 5.75. The van der Waals surface area contributed by atoms with Gasteiger partial charge in [0, 0.05) is 5.69 Å². The molecule has 0 saturated carbocycles. The van der Waals surface area contributed by atoms with Crippen molar-refractivity contribution in [1.29, 1.82) is 0 Å². The fourth-order valence-electron chi connectivity index (χ4n) is 2.90. The number of rotatable bonds is 2. The van der Waals surface area contributed by atoms with Crippen LogP contribution in [0.2, 0.25) is 0 Å². The van der Waals surface area contributed by atoms with E-state index in [0.29, 0.717) is 11.3 Å². The molecule has 3 rings (SSSR count). The quantitative estimate of drug-likeness (QED) is 0.672. The number of ether oxygens (including phenoxy) is 1. The van der Waals surface area contributed by atoms with E-state index >= 15 is 0 Å². The fourth-order valence-corrected chi connectivity index (χ4v) is 2.90. The molecule has 0 amide bonds. The number of fused-ring (bicyclic) bond motifs is 1. The third-order valence-corrected chi connectivity index (χ3v) is 4.16. The Balaban J connectivity index is 1.85. The molecule has 1 atom stereocenters. The maximum Gasteiger partial charge on any atom is 0.339 e. The first-order valence-electron chi connectivity index (χ1n) is 7.30. The minimum atomic E-state index is -0.290. The normalized spacial score (nSPS) is 17.1. The van der Waals surface area contributed by atoms with Crippen molar-refractivity contribution in [2.24, 2.45) is 0 Å². The van der Waals surface area contributed by atoms with E-state index < -0.39 is 0 Å². The number of carbonyl (C=O) groups is 1. The number of nitrogen functional groups attached to an aromatic ring is 1. The van der Waals surface area contributed by atoms with Crippen molar-refractivity contribution < 1.29 is 9.53 Å². The van der Waals surface area contributed by atoms with Crippen molar-refractivity contribution in [1.82, 2.24) is 0 Å². The highest BCUT2D eigenvalue weighted by atomic mass is 16.5. The van der Waals surface area contributed by atoms with E-state index in [4.69, 9.17) is 10.5 Å². The van der Waals surface area contributed by atoms with E-state index in [1.54, 1.807) is 18.2 Å². The number of carbonyl (C=O) groups excluding carboxylic acids is 1. The van der Waals surface area contributed by atoms with Gasteiger partial charge in [0.05, 0.1) is 5.56 Å². The third-order valence-electron chi connectivity index (χ3n) is 4.16. The zero-order chi connectivity index (χ0) is 14.8. The lowest BCUT2D eigenvalue weighted by Gasteiger charge is -2.25. The lowest BCUT2D eigenvalue weighted by Crippen LogP contribution is -2.17. The lowest BCUT2D eigenvalue weighted by atomic mass is 9.89. The van der Waals surface area contributed by atoms with Crippen molar-refractivity contribution in [3.8, 4) is 0 Å². The zero-order valence-electron chi connectivity index (χ0n) is 12.1. The van der Waals surface area contributed by atoms with Gasteiger partial charge in [0.15, 0.2) is 0 Å². The Bertz CT molecular complexity index is 679. The number of hydrogen-bond acceptors (Lipinski definition) is 3. The van der Waals surface area contributed by atoms with Crippen LogP contribution in [-0.4, -0.2) is 5.97 Å². The molecule has 0 aromatic heterocycles. The first-order chi connectivity index (χ1) is 10.2. The highest BCUT2D eigenvalue weighted by Crippen LogP contribution is 2.33. The summed E-state index contributed by atoms with van der Waals surface area (Å²) in [5.41, 5.74) is 10.2. The molecule has 2 aromatic carbocycles. The second-order valence-corrected chi connectivity index (χ2v) is 5.50. The molecule has 0 heterocycles. The standard InChI is InChI=1S/C18H19NO2/c1-12-14(9-5-10-16(12)19)18(20)21-17-11-4-7-13-6-2-3-8-15(13)17/h2-3,5-6,8-10,17H,4,7,11,19H2,1H3. The summed E-state index contributed by atoms with van der Waals surface area (Å²) in [6.07, 6.45) is 2.83. The molecule has 1 unspecified atom stereocenters. The summed E-state index contributed by atoms with van der Waals surface area (Å²) in [5.74, 6) is -0.290. The minimum Gasteiger partial charge on any atom is -0.454 e. The number of nitrogens with two attached hydrogens (primary N) is 1. The van der Waals surface area contributed by atoms with Crippen molar-refractivity contribution in [3.05, 3.63) is 64.7 Å². The van der Waals surface area contributed by atoms with Crippen LogP contribution in [0.1, 0.15) is 46.0 Å². The zero-order valence-corrected chi connectivity index (χ0v) is 12.1. The molecule has 0 spiro atoms. The Morgan fingerprint density at radius 1 is 1.19 bits per heavy atom. The van der Waals surface area contributed by atoms with Crippen LogP contribution in [-0.2, 0) is 11.2 Å². The molecule has 1 aliphatic carbocycles. The molecule has 0 saturated heterocycles. The summed E-state index contributed by atoms with van der Waals surface area (Å²) in [6, 6.07) is 13.5. The molecule has 0 aliphatic heterocycles. The first kappa shape index (κ1) is 13.7. The Morgan fingerprint density at radius 3 is 2.86 bits per heavy atom. The van der Waals surface area contributed by atoms with Crippen LogP contribution in [0.25, 0.3) is 0 Å². The highest BCUT2D eigenvalue weighted by molar-refractivity contribution is 5.92. The Kier molecular flexibility index (Phi) is 3.65. The van der Waals surface area contributed by atoms with Gasteiger partial charge in [0.1, 0.15) is 6.10 Å². The van der Waals surface area contributed by atoms with Gasteiger partial charge in [-0.15, -0.1) is 0 Å². The third kappa shape index (κ3) is 2.64. The van der Waals surface area contributed by atoms with Crippen LogP contribution in [0.5, 0.6) is 0 Å². The largest absolute Gasteiger partial charge is 0.454 e. The van der Waals surface area contributed by atoms with Crippen molar-refractivity contribution in [3.63, 3.8) is 0 Å². The molecule has 2 N–H and O–H groups in total. The molecule has 0 fully saturated rings. The molecule has 0 radical (unpaired) electrons. The Morgan fingerprint density at radius 2 is 2.00 bits per heavy atom. The topological polar surface area (TPSA) is 52.3 Å². The molecule has 108 valence electrons. The van der Waals surface area contributed by atoms with E-state index in [2.05, 4.69) is 12.1 Å². The van der Waals surface area contributed by atoms with Crippen molar-refractivity contribution in [2.45, 2.75) is 32.3 Å². The number of benzene rings is 2. The maximum absolute atomic E-state index is 12.4. The van der Waals surface area contributed by atoms with Crippen LogP contribution in [0.4, 0.5) is 5.69 Å². The van der Waals surface area contributed by atoms with E-state index in [1.807, 2.05) is 19.1 Å². The highest BCUT2D eigenvalue weighted by Gasteiger charge is 2.24. The van der Waals surface area contributed by atoms with E-state index in [1.165, 1.54) is 5.56 Å². The predicted molar refractivity (Wildman–Crippen MR) is 83.1 cm³/mol. The van der Waals surface area contributed by atoms with Gasteiger partial charge in [-0.2, -0.15) is 0 Å². The summed E-state index contributed by atoms with van der Waals surface area (Å²) in [6.45, 7) is 1.85. The van der Waals surface area contributed by atoms with E-state index in [-0.39, 0.29) is 12.1 Å². The molecule has 3 nitrogen and oxygen atoms in total. The SMILES string of the molecule is Cc1c(N)cccc1C(=O)OC1CCCc2ccccc21. The van der Waals surface area contributed by atoms with Gasteiger partial charge in [-0.25, -0.2) is 4.79 Å². The molecule has 0 bridgehead atoms. The number of hydrogen-bond donors (Lipinski definition) is 1. The second kappa shape index (κ2) is 5.60. The lowest BCUT2D eigenvalue weighted by molar-refractivity contribution is 0.0256. The summed E-state index contributed by atoms with van der Waals surface area (Å²) in [5, 5.41) is 0. The number of esters is 1. The number of anilines is 1. The first-order valence-corrected chi connectivity index (χ1v) is 7.30. The molecule has 3 heteroatoms. The second-order valence-electron chi connectivity index (χ2n) is 5.50. The molecule has 1 aliphatic rings. The van der Waals surface area contributed by atoms with Crippen molar-refractivity contribution in [2.75, 3.05) is 5.73 Å². The Hall–Kier alpha value is -2.29. The fraction of sp³-hybridized carbons (Fsp3) is 0.278. The van der Waals surface area contributed by atoms with Crippen LogP contribution in [0.15, 0.2) is 42.5 Å². The van der Waals surface area contributed by atoms with E-state index in [0.717, 1.165) is 30.4 Å². The van der Waals surface area contributed by atoms with Crippen molar-refractivity contribution >= 4 is 11.7 Å². The Labute approximate surface area is 124 Å². The maximum atomic E-state index is 12.4. The monoisotopic (exact) mass is 281 g/mol. The molecular formula is C18H19NO2. The minimum absolute atomic E-state index is 0.150. The predicted octanol–water partition coefficient (Wildman–Crippen LogP) is 3.81. The molecule has 2 aromatic rings. The van der Waals surface area contributed by atoms with E-state index in [9.17, 15) is 4.79 Å². The molecular weight excluding hydrogens is 262 g/mol. The summed E-state index contributed by atoms with van der Waals surface area (Å²) in [7, 11) is 0. The van der Waals surface area contributed by atoms with Crippen LogP contribution >= 0.6 is 0 Å². The van der Waals surface area contributed by atoms with Gasteiger partial charge in [0.2, 0.25) is 0 Å². The smallest absolute Gasteiger partial charge is 0.339 e. The van der Waals surface area contributed by atoms with Gasteiger partial charge >= 0.3 is 5.97 Å². The van der Waals surface area contributed by atoms with Gasteiger partial charge in [-0.05, 0) is 55.0 Å². The van der Waals surface area contributed by atoms with Crippen LogP contribution in [0, 0.1) is 6.92 Å². The summed E-state index contributed by atoms with van der Waals surface area (Å²) >= 11 is 0. The van der Waals surface area contributed by atoms with Gasteiger partial charge in [0.25, 0.3) is 0 Å². The average Bonchev–Trinajstić information content (AvgIpc) is 2.50. The van der Waals surface area contributed by atoms with Gasteiger partial charge < -0.3 is 10.5 Å². The van der Waals surface area contributed by atoms with Crippen LogP contribution in [0.3, 0.4) is 0 Å². The van der Waals surface area contributed by atoms with Gasteiger partial charge in [-0.1, -0.05) is 30.3 Å². The van der Waals surface area contributed by atoms with Crippen LogP contribution < -0.4 is 5.73 Å². The molecule has 21 heavy (non-hydrogen) atoms. The average molecular weight is 281 g/mol.